The lowest BCUT2D eigenvalue weighted by atomic mass is 10.1. The summed E-state index contributed by atoms with van der Waals surface area (Å²) < 4.78 is 43.5. The lowest BCUT2D eigenvalue weighted by Crippen LogP contribution is -2.42. The van der Waals surface area contributed by atoms with Gasteiger partial charge in [-0.3, -0.25) is 0 Å². The number of sulfonamides is 1. The van der Waals surface area contributed by atoms with Gasteiger partial charge >= 0.3 is 0 Å². The molecule has 0 N–H and O–H groups in total. The molecule has 2 atom stereocenters. The molecule has 0 saturated carbocycles. The topological polar surface area (TPSA) is 68.1 Å². The molecule has 0 radical (unpaired) electrons. The maximum absolute atomic E-state index is 13.5. The first-order chi connectivity index (χ1) is 11.4. The summed E-state index contributed by atoms with van der Waals surface area (Å²) in [6.45, 7) is 4.04. The molecule has 2 aliphatic rings. The molecule has 1 fully saturated rings. The van der Waals surface area contributed by atoms with Crippen molar-refractivity contribution in [3.63, 3.8) is 0 Å². The third-order valence-corrected chi connectivity index (χ3v) is 7.08. The fourth-order valence-electron chi connectivity index (χ4n) is 3.83. The molecular weight excluding hydrogens is 331 g/mol. The molecular formula is C16H19FN4O2S. The van der Waals surface area contributed by atoms with Crippen molar-refractivity contribution < 1.29 is 12.8 Å². The van der Waals surface area contributed by atoms with Crippen LogP contribution in [0.1, 0.15) is 30.1 Å². The maximum Gasteiger partial charge on any atom is 0.243 e. The number of benzene rings is 1. The van der Waals surface area contributed by atoms with E-state index in [0.29, 0.717) is 18.5 Å². The lowest BCUT2D eigenvalue weighted by molar-refractivity contribution is 0.314. The maximum atomic E-state index is 13.5. The van der Waals surface area contributed by atoms with Crippen LogP contribution in [-0.4, -0.2) is 39.6 Å². The van der Waals surface area contributed by atoms with E-state index in [1.165, 1.54) is 18.2 Å². The Morgan fingerprint density at radius 1 is 1.17 bits per heavy atom. The minimum atomic E-state index is -3.66. The fourth-order valence-corrected chi connectivity index (χ4v) is 5.77. The van der Waals surface area contributed by atoms with E-state index < -0.39 is 15.8 Å². The predicted molar refractivity (Wildman–Crippen MR) is 85.4 cm³/mol. The highest BCUT2D eigenvalue weighted by atomic mass is 32.2. The van der Waals surface area contributed by atoms with Crippen molar-refractivity contribution in [2.75, 3.05) is 0 Å². The number of aromatic nitrogens is 3. The predicted octanol–water partition coefficient (Wildman–Crippen LogP) is 1.81. The Morgan fingerprint density at radius 3 is 2.67 bits per heavy atom. The van der Waals surface area contributed by atoms with Crippen molar-refractivity contribution in [2.24, 2.45) is 0 Å². The normalized spacial score (nSPS) is 24.0. The summed E-state index contributed by atoms with van der Waals surface area (Å²) in [5.41, 5.74) is 0.339. The first-order valence-corrected chi connectivity index (χ1v) is 9.50. The molecule has 1 aromatic carbocycles. The van der Waals surface area contributed by atoms with Crippen LogP contribution in [0.25, 0.3) is 0 Å². The molecule has 8 heteroatoms. The summed E-state index contributed by atoms with van der Waals surface area (Å²) >= 11 is 0. The van der Waals surface area contributed by atoms with Gasteiger partial charge in [-0.1, -0.05) is 0 Å². The fraction of sp³-hybridized carbons (Fsp3) is 0.500. The van der Waals surface area contributed by atoms with Crippen molar-refractivity contribution in [2.45, 2.75) is 56.6 Å². The molecule has 3 heterocycles. The van der Waals surface area contributed by atoms with E-state index >= 15 is 0 Å². The molecule has 1 saturated heterocycles. The minimum Gasteiger partial charge on any atom is -0.314 e. The molecule has 2 aromatic rings. The number of halogens is 1. The zero-order chi connectivity index (χ0) is 17.1. The molecule has 2 aliphatic heterocycles. The standard InChI is InChI=1S/C16H19FN4O2S/c1-10-7-14(5-6-15(10)17)24(22,23)21-12-3-4-13(21)9-20-11(2)18-19-16(20)8-12/h5-7,12-13H,3-4,8-9H2,1-2H3. The van der Waals surface area contributed by atoms with E-state index in [2.05, 4.69) is 10.2 Å². The van der Waals surface area contributed by atoms with Gasteiger partial charge in [0.15, 0.2) is 0 Å². The summed E-state index contributed by atoms with van der Waals surface area (Å²) in [6.07, 6.45) is 2.20. The smallest absolute Gasteiger partial charge is 0.243 e. The first kappa shape index (κ1) is 15.7. The second kappa shape index (κ2) is 5.35. The number of fused-ring (bicyclic) bond motifs is 3. The Bertz CT molecular complexity index is 909. The van der Waals surface area contributed by atoms with Gasteiger partial charge in [0.1, 0.15) is 17.5 Å². The molecule has 2 unspecified atom stereocenters. The Kier molecular flexibility index (Phi) is 3.50. The van der Waals surface area contributed by atoms with Crippen molar-refractivity contribution in [3.05, 3.63) is 41.2 Å². The van der Waals surface area contributed by atoms with Crippen molar-refractivity contribution in [1.29, 1.82) is 0 Å². The molecule has 128 valence electrons. The SMILES string of the molecule is Cc1cc(S(=O)(=O)N2C3CCC2Cn2c(C)nnc2C3)ccc1F. The Morgan fingerprint density at radius 2 is 1.92 bits per heavy atom. The second-order valence-electron chi connectivity index (χ2n) is 6.61. The van der Waals surface area contributed by atoms with E-state index in [0.717, 1.165) is 24.5 Å². The Balaban J connectivity index is 1.75. The quantitative estimate of drug-likeness (QED) is 0.828. The summed E-state index contributed by atoms with van der Waals surface area (Å²) in [5.74, 6) is 1.26. The van der Waals surface area contributed by atoms with Crippen LogP contribution >= 0.6 is 0 Å². The van der Waals surface area contributed by atoms with Gasteiger partial charge in [-0.05, 0) is 50.5 Å². The van der Waals surface area contributed by atoms with E-state index in [-0.39, 0.29) is 17.0 Å². The average Bonchev–Trinajstić information content (AvgIpc) is 3.01. The van der Waals surface area contributed by atoms with Gasteiger partial charge in [0.05, 0.1) is 4.90 Å². The summed E-state index contributed by atoms with van der Waals surface area (Å²) in [6, 6.07) is 3.77. The lowest BCUT2D eigenvalue weighted by Gasteiger charge is -2.27. The van der Waals surface area contributed by atoms with E-state index in [1.807, 2.05) is 11.5 Å². The van der Waals surface area contributed by atoms with Crippen LogP contribution in [-0.2, 0) is 23.0 Å². The summed E-state index contributed by atoms with van der Waals surface area (Å²) in [5, 5.41) is 8.30. The molecule has 24 heavy (non-hydrogen) atoms. The molecule has 2 bridgehead atoms. The zero-order valence-electron chi connectivity index (χ0n) is 13.6. The number of hydrogen-bond donors (Lipinski definition) is 0. The minimum absolute atomic E-state index is 0.110. The molecule has 4 rings (SSSR count). The summed E-state index contributed by atoms with van der Waals surface area (Å²) in [4.78, 5) is 0.160. The highest BCUT2D eigenvalue weighted by Gasteiger charge is 2.45. The number of nitrogens with zero attached hydrogens (tertiary/aromatic N) is 4. The van der Waals surface area contributed by atoms with Crippen LogP contribution in [0.15, 0.2) is 23.1 Å². The number of aryl methyl sites for hydroxylation is 2. The second-order valence-corrected chi connectivity index (χ2v) is 8.45. The van der Waals surface area contributed by atoms with Gasteiger partial charge in [-0.25, -0.2) is 12.8 Å². The van der Waals surface area contributed by atoms with Crippen molar-refractivity contribution >= 4 is 10.0 Å². The molecule has 0 aliphatic carbocycles. The van der Waals surface area contributed by atoms with Crippen LogP contribution in [0.2, 0.25) is 0 Å². The van der Waals surface area contributed by atoms with Gasteiger partial charge in [0.25, 0.3) is 0 Å². The zero-order valence-corrected chi connectivity index (χ0v) is 14.4. The number of rotatable bonds is 2. The third-order valence-electron chi connectivity index (χ3n) is 5.08. The monoisotopic (exact) mass is 350 g/mol. The van der Waals surface area contributed by atoms with Crippen LogP contribution in [0, 0.1) is 19.7 Å². The van der Waals surface area contributed by atoms with Crippen molar-refractivity contribution in [3.8, 4) is 0 Å². The third kappa shape index (κ3) is 2.28. The van der Waals surface area contributed by atoms with Crippen LogP contribution < -0.4 is 0 Å². The first-order valence-electron chi connectivity index (χ1n) is 8.06. The highest BCUT2D eigenvalue weighted by Crippen LogP contribution is 2.36. The molecule has 1 aromatic heterocycles. The van der Waals surface area contributed by atoms with Gasteiger partial charge in [-0.2, -0.15) is 4.31 Å². The van der Waals surface area contributed by atoms with Gasteiger partial charge in [-0.15, -0.1) is 10.2 Å². The van der Waals surface area contributed by atoms with Gasteiger partial charge in [0, 0.05) is 25.0 Å². The van der Waals surface area contributed by atoms with E-state index in [9.17, 15) is 12.8 Å². The van der Waals surface area contributed by atoms with Gasteiger partial charge < -0.3 is 4.57 Å². The van der Waals surface area contributed by atoms with E-state index in [4.69, 9.17) is 0 Å². The Hall–Kier alpha value is -1.80. The average molecular weight is 350 g/mol. The van der Waals surface area contributed by atoms with E-state index in [1.54, 1.807) is 11.2 Å². The molecule has 0 amide bonds. The van der Waals surface area contributed by atoms with Gasteiger partial charge in [0.2, 0.25) is 10.0 Å². The summed E-state index contributed by atoms with van der Waals surface area (Å²) in [7, 11) is -3.66. The van der Waals surface area contributed by atoms with Crippen molar-refractivity contribution in [1.82, 2.24) is 19.1 Å². The Labute approximate surface area is 140 Å². The van der Waals surface area contributed by atoms with Crippen LogP contribution in [0.3, 0.4) is 0 Å². The highest BCUT2D eigenvalue weighted by molar-refractivity contribution is 7.89. The van der Waals surface area contributed by atoms with Crippen LogP contribution in [0.5, 0.6) is 0 Å². The largest absolute Gasteiger partial charge is 0.314 e. The van der Waals surface area contributed by atoms with Crippen LogP contribution in [0.4, 0.5) is 4.39 Å². The number of hydrogen-bond acceptors (Lipinski definition) is 4. The molecule has 0 spiro atoms. The molecule has 6 nitrogen and oxygen atoms in total.